The minimum Gasteiger partial charge on any atom is -0.395 e. The zero-order valence-corrected chi connectivity index (χ0v) is 12.8. The lowest BCUT2D eigenvalue weighted by atomic mass is 9.94. The van der Waals surface area contributed by atoms with E-state index in [1.54, 1.807) is 0 Å². The number of aliphatic hydroxyl groups excluding tert-OH is 1. The van der Waals surface area contributed by atoms with E-state index in [0.29, 0.717) is 0 Å². The highest BCUT2D eigenvalue weighted by Gasteiger charge is 2.37. The Morgan fingerprint density at radius 2 is 1.84 bits per heavy atom. The van der Waals surface area contributed by atoms with Crippen LogP contribution in [0.25, 0.3) is 0 Å². The van der Waals surface area contributed by atoms with Gasteiger partial charge in [-0.3, -0.25) is 4.90 Å². The monoisotopic (exact) mass is 262 g/mol. The average Bonchev–Trinajstić information content (AvgIpc) is 2.32. The van der Waals surface area contributed by atoms with Crippen LogP contribution in [0.15, 0.2) is 18.2 Å². The minimum atomic E-state index is 0.0698. The first-order chi connectivity index (χ1) is 8.86. The van der Waals surface area contributed by atoms with Crippen molar-refractivity contribution in [1.82, 2.24) is 4.90 Å². The molecule has 1 unspecified atom stereocenters. The number of anilines is 1. The van der Waals surface area contributed by atoms with E-state index in [-0.39, 0.29) is 18.2 Å². The van der Waals surface area contributed by atoms with Crippen molar-refractivity contribution in [3.8, 4) is 0 Å². The van der Waals surface area contributed by atoms with Crippen LogP contribution in [0.4, 0.5) is 5.69 Å². The molecule has 1 aromatic carbocycles. The summed E-state index contributed by atoms with van der Waals surface area (Å²) in [6, 6.07) is 6.64. The Kier molecular flexibility index (Phi) is 3.88. The van der Waals surface area contributed by atoms with Gasteiger partial charge in [-0.15, -0.1) is 0 Å². The highest BCUT2D eigenvalue weighted by Crippen LogP contribution is 2.31. The predicted octanol–water partition coefficient (Wildman–Crippen LogP) is 2.19. The summed E-state index contributed by atoms with van der Waals surface area (Å²) in [4.78, 5) is 4.74. The fourth-order valence-electron chi connectivity index (χ4n) is 3.17. The van der Waals surface area contributed by atoms with Gasteiger partial charge in [-0.1, -0.05) is 18.2 Å². The van der Waals surface area contributed by atoms with Gasteiger partial charge >= 0.3 is 0 Å². The molecule has 3 heteroatoms. The van der Waals surface area contributed by atoms with E-state index in [1.165, 1.54) is 16.8 Å². The number of piperazine rings is 1. The van der Waals surface area contributed by atoms with E-state index in [4.69, 9.17) is 0 Å². The molecule has 1 fully saturated rings. The number of benzene rings is 1. The normalized spacial score (nSPS) is 23.7. The van der Waals surface area contributed by atoms with Crippen LogP contribution in [-0.2, 0) is 0 Å². The zero-order chi connectivity index (χ0) is 14.2. The molecule has 106 valence electrons. The lowest BCUT2D eigenvalue weighted by Crippen LogP contribution is -2.63. The molecule has 3 nitrogen and oxygen atoms in total. The molecular formula is C16H26N2O. The topological polar surface area (TPSA) is 26.7 Å². The molecule has 1 atom stereocenters. The number of nitrogens with zero attached hydrogens (tertiary/aromatic N) is 2. The molecule has 1 aromatic rings. The van der Waals surface area contributed by atoms with Crippen molar-refractivity contribution < 1.29 is 5.11 Å². The Morgan fingerprint density at radius 1 is 1.26 bits per heavy atom. The molecule has 0 aliphatic carbocycles. The second-order valence-corrected chi connectivity index (χ2v) is 6.38. The van der Waals surface area contributed by atoms with E-state index in [9.17, 15) is 5.11 Å². The molecular weight excluding hydrogens is 236 g/mol. The second-order valence-electron chi connectivity index (χ2n) is 6.38. The maximum atomic E-state index is 9.63. The van der Waals surface area contributed by atoms with E-state index in [0.717, 1.165) is 13.1 Å². The molecule has 0 radical (unpaired) electrons. The van der Waals surface area contributed by atoms with Crippen LogP contribution in [0.1, 0.15) is 25.0 Å². The molecule has 1 saturated heterocycles. The molecule has 0 bridgehead atoms. The Bertz CT molecular complexity index is 436. The van der Waals surface area contributed by atoms with Crippen LogP contribution >= 0.6 is 0 Å². The Balaban J connectivity index is 2.36. The molecule has 0 spiro atoms. The maximum Gasteiger partial charge on any atom is 0.0604 e. The number of hydrogen-bond donors (Lipinski definition) is 1. The zero-order valence-electron chi connectivity index (χ0n) is 12.8. The summed E-state index contributed by atoms with van der Waals surface area (Å²) in [7, 11) is 2.11. The Morgan fingerprint density at radius 3 is 2.37 bits per heavy atom. The molecule has 0 aromatic heterocycles. The smallest absolute Gasteiger partial charge is 0.0604 e. The predicted molar refractivity (Wildman–Crippen MR) is 80.8 cm³/mol. The Labute approximate surface area is 116 Å². The molecule has 1 aliphatic heterocycles. The van der Waals surface area contributed by atoms with Crippen molar-refractivity contribution in [2.45, 2.75) is 39.3 Å². The van der Waals surface area contributed by atoms with Crippen LogP contribution < -0.4 is 4.90 Å². The fourth-order valence-corrected chi connectivity index (χ4v) is 3.17. The number of hydrogen-bond acceptors (Lipinski definition) is 3. The second kappa shape index (κ2) is 5.14. The van der Waals surface area contributed by atoms with Crippen LogP contribution in [-0.4, -0.2) is 48.3 Å². The van der Waals surface area contributed by atoms with E-state index >= 15 is 0 Å². The van der Waals surface area contributed by atoms with Crippen LogP contribution in [0.2, 0.25) is 0 Å². The van der Waals surface area contributed by atoms with Gasteiger partial charge in [0.2, 0.25) is 0 Å². The van der Waals surface area contributed by atoms with Crippen LogP contribution in [0.5, 0.6) is 0 Å². The van der Waals surface area contributed by atoms with Gasteiger partial charge < -0.3 is 10.0 Å². The quantitative estimate of drug-likeness (QED) is 0.885. The van der Waals surface area contributed by atoms with Crippen molar-refractivity contribution >= 4 is 5.69 Å². The van der Waals surface area contributed by atoms with E-state index in [2.05, 4.69) is 62.7 Å². The third-order valence-corrected chi connectivity index (χ3v) is 4.48. The van der Waals surface area contributed by atoms with E-state index in [1.807, 2.05) is 0 Å². The number of rotatable bonds is 2. The molecule has 0 amide bonds. The van der Waals surface area contributed by atoms with Gasteiger partial charge in [0, 0.05) is 24.3 Å². The SMILES string of the molecule is Cc1cccc(C)c1N1CC(CO)N(C)C(C)(C)C1. The van der Waals surface area contributed by atoms with Crippen molar-refractivity contribution in [3.05, 3.63) is 29.3 Å². The van der Waals surface area contributed by atoms with Gasteiger partial charge in [0.1, 0.15) is 0 Å². The van der Waals surface area contributed by atoms with Crippen LogP contribution in [0, 0.1) is 13.8 Å². The summed E-state index contributed by atoms with van der Waals surface area (Å²) in [5, 5.41) is 9.63. The summed E-state index contributed by atoms with van der Waals surface area (Å²) in [6.45, 7) is 10.9. The first kappa shape index (κ1) is 14.4. The highest BCUT2D eigenvalue weighted by atomic mass is 16.3. The molecule has 1 aliphatic rings. The summed E-state index contributed by atoms with van der Waals surface area (Å²) < 4.78 is 0. The van der Waals surface area contributed by atoms with Gasteiger partial charge in [0.25, 0.3) is 0 Å². The maximum absolute atomic E-state index is 9.63. The largest absolute Gasteiger partial charge is 0.395 e. The highest BCUT2D eigenvalue weighted by molar-refractivity contribution is 5.59. The molecule has 0 saturated carbocycles. The lowest BCUT2D eigenvalue weighted by Gasteiger charge is -2.51. The average molecular weight is 262 g/mol. The van der Waals surface area contributed by atoms with Gasteiger partial charge in [-0.05, 0) is 45.9 Å². The van der Waals surface area contributed by atoms with Gasteiger partial charge in [0.15, 0.2) is 0 Å². The number of para-hydroxylation sites is 1. The number of aryl methyl sites for hydroxylation is 2. The van der Waals surface area contributed by atoms with Crippen LogP contribution in [0.3, 0.4) is 0 Å². The minimum absolute atomic E-state index is 0.0698. The first-order valence-electron chi connectivity index (χ1n) is 7.02. The summed E-state index contributed by atoms with van der Waals surface area (Å²) in [5.41, 5.74) is 4.04. The van der Waals surface area contributed by atoms with Crippen molar-refractivity contribution in [2.75, 3.05) is 31.6 Å². The lowest BCUT2D eigenvalue weighted by molar-refractivity contribution is 0.0454. The van der Waals surface area contributed by atoms with Gasteiger partial charge in [-0.2, -0.15) is 0 Å². The van der Waals surface area contributed by atoms with E-state index < -0.39 is 0 Å². The number of aliphatic hydroxyl groups is 1. The molecule has 1 N–H and O–H groups in total. The third-order valence-electron chi connectivity index (χ3n) is 4.48. The van der Waals surface area contributed by atoms with Crippen molar-refractivity contribution in [1.29, 1.82) is 0 Å². The number of likely N-dealkylation sites (N-methyl/N-ethyl adjacent to an activating group) is 1. The summed E-state index contributed by atoms with van der Waals surface area (Å²) in [6.07, 6.45) is 0. The summed E-state index contributed by atoms with van der Waals surface area (Å²) in [5.74, 6) is 0. The third kappa shape index (κ3) is 2.63. The molecule has 19 heavy (non-hydrogen) atoms. The van der Waals surface area contributed by atoms with Gasteiger partial charge in [0.05, 0.1) is 12.6 Å². The van der Waals surface area contributed by atoms with Gasteiger partial charge in [-0.25, -0.2) is 0 Å². The van der Waals surface area contributed by atoms with Crippen molar-refractivity contribution in [2.24, 2.45) is 0 Å². The Hall–Kier alpha value is -1.06. The fraction of sp³-hybridized carbons (Fsp3) is 0.625. The standard InChI is InChI=1S/C16H26N2O/c1-12-7-6-8-13(2)15(12)18-9-14(10-19)17(5)16(3,4)11-18/h6-8,14,19H,9-11H2,1-5H3. The van der Waals surface area contributed by atoms with Crippen molar-refractivity contribution in [3.63, 3.8) is 0 Å². The molecule has 1 heterocycles. The first-order valence-corrected chi connectivity index (χ1v) is 7.02. The summed E-state index contributed by atoms with van der Waals surface area (Å²) >= 11 is 0. The molecule has 2 rings (SSSR count).